The maximum Gasteiger partial charge on any atom is 0.273 e. The number of rotatable bonds is 1. The number of nitrogen functional groups attached to an aromatic ring is 1. The number of hydrogen-bond acceptors (Lipinski definition) is 2. The van der Waals surface area contributed by atoms with Gasteiger partial charge in [0, 0.05) is 12.7 Å². The number of pyridine rings is 1. The Kier molecular flexibility index (Phi) is 1.76. The molecule has 0 amide bonds. The average Bonchev–Trinajstić information content (AvgIpc) is 1.95. The first-order chi connectivity index (χ1) is 4.75. The fourth-order valence-electron chi connectivity index (χ4n) is 0.804. The first-order valence-electron chi connectivity index (χ1n) is 3.20. The van der Waals surface area contributed by atoms with Crippen LogP contribution in [0.25, 0.3) is 0 Å². The number of nitrogens with two attached hydrogens (primary N) is 1. The third-order valence-corrected chi connectivity index (χ3v) is 1.39. The minimum Gasteiger partial charge on any atom is -0.394 e. The summed E-state index contributed by atoms with van der Waals surface area (Å²) in [7, 11) is 0. The van der Waals surface area contributed by atoms with E-state index in [1.165, 1.54) is 0 Å². The van der Waals surface area contributed by atoms with Crippen LogP contribution in [-0.2, 0) is 6.54 Å². The Bertz CT molecular complexity index is 277. The minimum atomic E-state index is -0.106. The maximum atomic E-state index is 11.0. The van der Waals surface area contributed by atoms with Crippen LogP contribution in [0.2, 0.25) is 0 Å². The van der Waals surface area contributed by atoms with Gasteiger partial charge in [0.15, 0.2) is 0 Å². The Hall–Kier alpha value is -1.25. The lowest BCUT2D eigenvalue weighted by molar-refractivity contribution is 0.730. The first-order valence-corrected chi connectivity index (χ1v) is 3.20. The van der Waals surface area contributed by atoms with Crippen molar-refractivity contribution in [2.45, 2.75) is 13.5 Å². The summed E-state index contributed by atoms with van der Waals surface area (Å²) in [5.41, 5.74) is 5.57. The number of aryl methyl sites for hydroxylation is 1. The summed E-state index contributed by atoms with van der Waals surface area (Å²) in [4.78, 5) is 11.0. The number of nitrogens with zero attached hydrogens (tertiary/aromatic N) is 1. The normalized spacial score (nSPS) is 9.70. The van der Waals surface area contributed by atoms with Crippen molar-refractivity contribution in [3.63, 3.8) is 0 Å². The summed E-state index contributed by atoms with van der Waals surface area (Å²) in [5, 5.41) is 0. The maximum absolute atomic E-state index is 11.0. The second kappa shape index (κ2) is 2.56. The summed E-state index contributed by atoms with van der Waals surface area (Å²) in [6, 6.07) is 3.37. The number of aromatic nitrogens is 1. The molecule has 0 saturated heterocycles. The molecule has 1 rings (SSSR count). The highest BCUT2D eigenvalue weighted by Gasteiger charge is 1.93. The van der Waals surface area contributed by atoms with Crippen molar-refractivity contribution in [3.05, 3.63) is 28.7 Å². The molecule has 0 aliphatic heterocycles. The van der Waals surface area contributed by atoms with Gasteiger partial charge >= 0.3 is 0 Å². The van der Waals surface area contributed by atoms with Gasteiger partial charge in [0.05, 0.1) is 5.69 Å². The Morgan fingerprint density at radius 1 is 1.70 bits per heavy atom. The highest BCUT2D eigenvalue weighted by Crippen LogP contribution is 1.90. The lowest BCUT2D eigenvalue weighted by Crippen LogP contribution is -2.20. The molecular formula is C7H10N2O. The van der Waals surface area contributed by atoms with E-state index < -0.39 is 0 Å². The fraction of sp³-hybridized carbons (Fsp3) is 0.286. The van der Waals surface area contributed by atoms with Crippen molar-refractivity contribution < 1.29 is 0 Å². The van der Waals surface area contributed by atoms with Gasteiger partial charge in [-0.05, 0) is 19.1 Å². The van der Waals surface area contributed by atoms with Crippen molar-refractivity contribution in [1.82, 2.24) is 4.57 Å². The minimum absolute atomic E-state index is 0.106. The molecule has 0 bridgehead atoms. The Balaban J connectivity index is 3.28. The standard InChI is InChI=1S/C7H10N2O/c1-2-9-5-3-4-6(8)7(9)10/h3-5H,2,8H2,1H3. The molecule has 54 valence electrons. The van der Waals surface area contributed by atoms with Crippen LogP contribution in [0.15, 0.2) is 23.1 Å². The third kappa shape index (κ3) is 1.03. The van der Waals surface area contributed by atoms with Crippen LogP contribution in [0.3, 0.4) is 0 Å². The van der Waals surface area contributed by atoms with E-state index in [1.54, 1.807) is 22.9 Å². The van der Waals surface area contributed by atoms with Crippen molar-refractivity contribution in [2.24, 2.45) is 0 Å². The molecule has 0 aliphatic rings. The second-order valence-electron chi connectivity index (χ2n) is 2.05. The van der Waals surface area contributed by atoms with Gasteiger partial charge in [0.2, 0.25) is 0 Å². The van der Waals surface area contributed by atoms with Crippen LogP contribution in [0, 0.1) is 0 Å². The van der Waals surface area contributed by atoms with Gasteiger partial charge in [0.1, 0.15) is 0 Å². The molecule has 3 nitrogen and oxygen atoms in total. The van der Waals surface area contributed by atoms with E-state index >= 15 is 0 Å². The summed E-state index contributed by atoms with van der Waals surface area (Å²) in [6.07, 6.45) is 1.72. The largest absolute Gasteiger partial charge is 0.394 e. The predicted octanol–water partition coefficient (Wildman–Crippen LogP) is 0.450. The average molecular weight is 138 g/mol. The molecule has 0 atom stereocenters. The molecule has 0 aromatic carbocycles. The van der Waals surface area contributed by atoms with Crippen LogP contribution in [-0.4, -0.2) is 4.57 Å². The van der Waals surface area contributed by atoms with Gasteiger partial charge in [-0.15, -0.1) is 0 Å². The van der Waals surface area contributed by atoms with Gasteiger partial charge in [0.25, 0.3) is 5.56 Å². The molecule has 0 unspecified atom stereocenters. The van der Waals surface area contributed by atoms with Crippen molar-refractivity contribution >= 4 is 5.69 Å². The van der Waals surface area contributed by atoms with Gasteiger partial charge in [-0.25, -0.2) is 0 Å². The van der Waals surface area contributed by atoms with Gasteiger partial charge in [-0.1, -0.05) is 0 Å². The first kappa shape index (κ1) is 6.86. The molecule has 1 aromatic rings. The monoisotopic (exact) mass is 138 g/mol. The summed E-state index contributed by atoms with van der Waals surface area (Å²) >= 11 is 0. The summed E-state index contributed by atoms with van der Waals surface area (Å²) in [5.74, 6) is 0. The van der Waals surface area contributed by atoms with Crippen LogP contribution in [0.4, 0.5) is 5.69 Å². The smallest absolute Gasteiger partial charge is 0.273 e. The number of hydrogen-bond donors (Lipinski definition) is 1. The van der Waals surface area contributed by atoms with E-state index in [0.717, 1.165) is 0 Å². The predicted molar refractivity (Wildman–Crippen MR) is 40.8 cm³/mol. The SMILES string of the molecule is CCn1cccc(N)c1=O. The van der Waals surface area contributed by atoms with E-state index in [2.05, 4.69) is 0 Å². The zero-order chi connectivity index (χ0) is 7.56. The van der Waals surface area contributed by atoms with Gasteiger partial charge in [-0.3, -0.25) is 4.79 Å². The molecule has 1 aromatic heterocycles. The molecule has 2 N–H and O–H groups in total. The van der Waals surface area contributed by atoms with Crippen molar-refractivity contribution in [3.8, 4) is 0 Å². The van der Waals surface area contributed by atoms with E-state index in [0.29, 0.717) is 12.2 Å². The molecular weight excluding hydrogens is 128 g/mol. The van der Waals surface area contributed by atoms with E-state index in [9.17, 15) is 4.79 Å². The molecule has 0 fully saturated rings. The number of anilines is 1. The summed E-state index contributed by atoms with van der Waals surface area (Å²) in [6.45, 7) is 2.57. The quantitative estimate of drug-likeness (QED) is 0.612. The zero-order valence-corrected chi connectivity index (χ0v) is 5.87. The molecule has 1 heterocycles. The summed E-state index contributed by atoms with van der Waals surface area (Å²) < 4.78 is 1.56. The highest BCUT2D eigenvalue weighted by atomic mass is 16.1. The Morgan fingerprint density at radius 3 is 2.90 bits per heavy atom. The Labute approximate surface area is 59.1 Å². The van der Waals surface area contributed by atoms with Gasteiger partial charge < -0.3 is 10.3 Å². The zero-order valence-electron chi connectivity index (χ0n) is 5.87. The van der Waals surface area contributed by atoms with Crippen LogP contribution in [0.1, 0.15) is 6.92 Å². The van der Waals surface area contributed by atoms with Crippen molar-refractivity contribution in [2.75, 3.05) is 5.73 Å². The molecule has 0 spiro atoms. The molecule has 0 saturated carbocycles. The van der Waals surface area contributed by atoms with E-state index in [1.807, 2.05) is 6.92 Å². The topological polar surface area (TPSA) is 48.0 Å². The van der Waals surface area contributed by atoms with Crippen LogP contribution < -0.4 is 11.3 Å². The Morgan fingerprint density at radius 2 is 2.40 bits per heavy atom. The molecule has 0 aliphatic carbocycles. The highest BCUT2D eigenvalue weighted by molar-refractivity contribution is 5.33. The second-order valence-corrected chi connectivity index (χ2v) is 2.05. The van der Waals surface area contributed by atoms with Crippen LogP contribution >= 0.6 is 0 Å². The van der Waals surface area contributed by atoms with E-state index in [4.69, 9.17) is 5.73 Å². The lowest BCUT2D eigenvalue weighted by Gasteiger charge is -1.99. The molecule has 3 heteroatoms. The van der Waals surface area contributed by atoms with Gasteiger partial charge in [-0.2, -0.15) is 0 Å². The fourth-order valence-corrected chi connectivity index (χ4v) is 0.804. The molecule has 0 radical (unpaired) electrons. The lowest BCUT2D eigenvalue weighted by atomic mass is 10.4. The van der Waals surface area contributed by atoms with Crippen molar-refractivity contribution in [1.29, 1.82) is 0 Å². The molecule has 10 heavy (non-hydrogen) atoms. The third-order valence-electron chi connectivity index (χ3n) is 1.39. The van der Waals surface area contributed by atoms with E-state index in [-0.39, 0.29) is 5.56 Å². The van der Waals surface area contributed by atoms with Crippen LogP contribution in [0.5, 0.6) is 0 Å².